The summed E-state index contributed by atoms with van der Waals surface area (Å²) in [5.74, 6) is 1.52. The van der Waals surface area contributed by atoms with Gasteiger partial charge in [-0.2, -0.15) is 5.26 Å². The Balaban J connectivity index is 2.08. The minimum absolute atomic E-state index is 0.477. The molecule has 0 aliphatic heterocycles. The molecule has 2 rings (SSSR count). The first kappa shape index (κ1) is 11.9. The second-order valence-electron chi connectivity index (χ2n) is 5.29. The maximum absolute atomic E-state index is 9.03. The molecule has 17 heavy (non-hydrogen) atoms. The van der Waals surface area contributed by atoms with Crippen molar-refractivity contribution in [2.45, 2.75) is 39.2 Å². The van der Waals surface area contributed by atoms with Crippen LogP contribution >= 0.6 is 0 Å². The fourth-order valence-electron chi connectivity index (χ4n) is 2.89. The van der Waals surface area contributed by atoms with E-state index in [2.05, 4.69) is 30.2 Å². The van der Waals surface area contributed by atoms with Gasteiger partial charge in [-0.1, -0.05) is 13.8 Å². The van der Waals surface area contributed by atoms with Crippen molar-refractivity contribution in [1.82, 2.24) is 4.98 Å². The molecule has 1 heterocycles. The number of hydrogen-bond acceptors (Lipinski definition) is 3. The number of nitrogens with one attached hydrogen (secondary N) is 1. The Labute approximate surface area is 103 Å². The van der Waals surface area contributed by atoms with E-state index in [1.807, 2.05) is 0 Å². The molecule has 1 aliphatic carbocycles. The zero-order valence-corrected chi connectivity index (χ0v) is 10.5. The molecule has 0 spiro atoms. The maximum Gasteiger partial charge on any atom is 0.101 e. The van der Waals surface area contributed by atoms with Crippen LogP contribution in [0.1, 0.15) is 38.7 Å². The molecule has 90 valence electrons. The molecule has 3 heteroatoms. The molecule has 0 saturated heterocycles. The number of aromatic nitrogens is 1. The summed E-state index contributed by atoms with van der Waals surface area (Å²) in [4.78, 5) is 4.08. The number of nitrogens with zero attached hydrogens (tertiary/aromatic N) is 2. The zero-order valence-electron chi connectivity index (χ0n) is 10.5. The summed E-state index contributed by atoms with van der Waals surface area (Å²) in [5.41, 5.74) is 1.56. The highest BCUT2D eigenvalue weighted by Crippen LogP contribution is 2.30. The van der Waals surface area contributed by atoms with Crippen LogP contribution in [-0.4, -0.2) is 11.0 Å². The van der Waals surface area contributed by atoms with E-state index in [-0.39, 0.29) is 0 Å². The quantitative estimate of drug-likeness (QED) is 0.847. The summed E-state index contributed by atoms with van der Waals surface area (Å²) in [6.07, 6.45) is 7.10. The molecule has 0 aromatic carbocycles. The molecule has 0 bridgehead atoms. The number of pyridine rings is 1. The van der Waals surface area contributed by atoms with E-state index >= 15 is 0 Å². The molecular formula is C14H19N3. The third-order valence-electron chi connectivity index (χ3n) is 3.48. The Kier molecular flexibility index (Phi) is 3.63. The molecular weight excluding hydrogens is 210 g/mol. The predicted octanol–water partition coefficient (Wildman–Crippen LogP) is 3.19. The molecule has 1 N–H and O–H groups in total. The highest BCUT2D eigenvalue weighted by atomic mass is 14.9. The fraction of sp³-hybridized carbons (Fsp3) is 0.571. The molecule has 2 unspecified atom stereocenters. The SMILES string of the molecule is CC1CC(C)CC(Nc2cnccc2C#N)C1. The van der Waals surface area contributed by atoms with Gasteiger partial charge >= 0.3 is 0 Å². The number of rotatable bonds is 2. The molecule has 1 aromatic heterocycles. The standard InChI is InChI=1S/C14H19N3/c1-10-5-11(2)7-13(6-10)17-14-9-16-4-3-12(14)8-15/h3-4,9-11,13,17H,5-7H2,1-2H3. The van der Waals surface area contributed by atoms with Crippen LogP contribution in [-0.2, 0) is 0 Å². The van der Waals surface area contributed by atoms with Crippen LogP contribution in [0, 0.1) is 23.2 Å². The van der Waals surface area contributed by atoms with Crippen molar-refractivity contribution in [2.75, 3.05) is 5.32 Å². The van der Waals surface area contributed by atoms with Gasteiger partial charge in [-0.3, -0.25) is 4.98 Å². The van der Waals surface area contributed by atoms with E-state index in [9.17, 15) is 0 Å². The summed E-state index contributed by atoms with van der Waals surface area (Å²) >= 11 is 0. The predicted molar refractivity (Wildman–Crippen MR) is 68.5 cm³/mol. The number of hydrogen-bond donors (Lipinski definition) is 1. The molecule has 1 aliphatic rings. The molecule has 0 amide bonds. The first-order valence-corrected chi connectivity index (χ1v) is 6.29. The van der Waals surface area contributed by atoms with E-state index in [0.717, 1.165) is 17.5 Å². The highest BCUT2D eigenvalue weighted by molar-refractivity contribution is 5.55. The molecule has 2 atom stereocenters. The maximum atomic E-state index is 9.03. The average molecular weight is 229 g/mol. The normalized spacial score (nSPS) is 28.4. The van der Waals surface area contributed by atoms with Crippen molar-refractivity contribution in [3.05, 3.63) is 24.0 Å². The first-order valence-electron chi connectivity index (χ1n) is 6.29. The third kappa shape index (κ3) is 2.97. The van der Waals surface area contributed by atoms with Crippen LogP contribution < -0.4 is 5.32 Å². The molecule has 1 fully saturated rings. The van der Waals surface area contributed by atoms with Gasteiger partial charge in [0.15, 0.2) is 0 Å². The lowest BCUT2D eigenvalue weighted by molar-refractivity contribution is 0.281. The average Bonchev–Trinajstić information content (AvgIpc) is 2.28. The van der Waals surface area contributed by atoms with Crippen molar-refractivity contribution < 1.29 is 0 Å². The monoisotopic (exact) mass is 229 g/mol. The number of anilines is 1. The van der Waals surface area contributed by atoms with Crippen LogP contribution in [0.4, 0.5) is 5.69 Å². The van der Waals surface area contributed by atoms with Gasteiger partial charge in [0.25, 0.3) is 0 Å². The van der Waals surface area contributed by atoms with Crippen LogP contribution in [0.3, 0.4) is 0 Å². The Hall–Kier alpha value is -1.56. The fourth-order valence-corrected chi connectivity index (χ4v) is 2.89. The van der Waals surface area contributed by atoms with Gasteiger partial charge in [0.2, 0.25) is 0 Å². The van der Waals surface area contributed by atoms with Gasteiger partial charge in [0.1, 0.15) is 6.07 Å². The van der Waals surface area contributed by atoms with E-state index in [4.69, 9.17) is 5.26 Å². The van der Waals surface area contributed by atoms with E-state index < -0.39 is 0 Å². The van der Waals surface area contributed by atoms with Gasteiger partial charge in [-0.15, -0.1) is 0 Å². The molecule has 1 aromatic rings. The van der Waals surface area contributed by atoms with Crippen LogP contribution in [0.5, 0.6) is 0 Å². The topological polar surface area (TPSA) is 48.7 Å². The van der Waals surface area contributed by atoms with Gasteiger partial charge in [0, 0.05) is 12.2 Å². The van der Waals surface area contributed by atoms with Crippen molar-refractivity contribution in [1.29, 1.82) is 5.26 Å². The van der Waals surface area contributed by atoms with Crippen LogP contribution in [0.2, 0.25) is 0 Å². The molecule has 3 nitrogen and oxygen atoms in total. The Morgan fingerprint density at radius 3 is 2.65 bits per heavy atom. The Morgan fingerprint density at radius 1 is 1.29 bits per heavy atom. The van der Waals surface area contributed by atoms with E-state index in [1.165, 1.54) is 19.3 Å². The summed E-state index contributed by atoms with van der Waals surface area (Å²) in [6.45, 7) is 4.61. The van der Waals surface area contributed by atoms with Gasteiger partial charge in [-0.25, -0.2) is 0 Å². The molecule has 1 saturated carbocycles. The Morgan fingerprint density at radius 2 is 2.00 bits per heavy atom. The van der Waals surface area contributed by atoms with Crippen molar-refractivity contribution in [3.8, 4) is 6.07 Å². The van der Waals surface area contributed by atoms with Gasteiger partial charge in [-0.05, 0) is 37.2 Å². The smallest absolute Gasteiger partial charge is 0.101 e. The lowest BCUT2D eigenvalue weighted by Gasteiger charge is -2.32. The summed E-state index contributed by atoms with van der Waals surface area (Å²) in [6, 6.07) is 4.44. The Bertz CT molecular complexity index is 412. The zero-order chi connectivity index (χ0) is 12.3. The first-order chi connectivity index (χ1) is 8.19. The van der Waals surface area contributed by atoms with Crippen molar-refractivity contribution in [3.63, 3.8) is 0 Å². The highest BCUT2D eigenvalue weighted by Gasteiger charge is 2.24. The number of nitriles is 1. The van der Waals surface area contributed by atoms with Gasteiger partial charge < -0.3 is 5.32 Å². The van der Waals surface area contributed by atoms with Crippen molar-refractivity contribution in [2.24, 2.45) is 11.8 Å². The second kappa shape index (κ2) is 5.18. The minimum atomic E-state index is 0.477. The lowest BCUT2D eigenvalue weighted by atomic mass is 9.80. The summed E-state index contributed by atoms with van der Waals surface area (Å²) in [5, 5.41) is 12.5. The van der Waals surface area contributed by atoms with Gasteiger partial charge in [0.05, 0.1) is 17.4 Å². The third-order valence-corrected chi connectivity index (χ3v) is 3.48. The van der Waals surface area contributed by atoms with Crippen LogP contribution in [0.15, 0.2) is 18.5 Å². The minimum Gasteiger partial charge on any atom is -0.380 e. The lowest BCUT2D eigenvalue weighted by Crippen LogP contribution is -2.30. The second-order valence-corrected chi connectivity index (χ2v) is 5.29. The van der Waals surface area contributed by atoms with Crippen LogP contribution in [0.25, 0.3) is 0 Å². The largest absolute Gasteiger partial charge is 0.380 e. The molecule has 0 radical (unpaired) electrons. The van der Waals surface area contributed by atoms with Crippen molar-refractivity contribution >= 4 is 5.69 Å². The van der Waals surface area contributed by atoms with E-state index in [0.29, 0.717) is 11.6 Å². The van der Waals surface area contributed by atoms with E-state index in [1.54, 1.807) is 18.5 Å². The summed E-state index contributed by atoms with van der Waals surface area (Å²) in [7, 11) is 0. The summed E-state index contributed by atoms with van der Waals surface area (Å²) < 4.78 is 0.